The number of benzene rings is 1. The topological polar surface area (TPSA) is 110 Å². The van der Waals surface area contributed by atoms with Gasteiger partial charge in [-0.15, -0.1) is 0 Å². The number of phenolic OH excluding ortho intramolecular Hbond substituents is 1. The molecule has 3 aliphatic carbocycles. The predicted molar refractivity (Wildman–Crippen MR) is 109 cm³/mol. The molecule has 0 spiro atoms. The summed E-state index contributed by atoms with van der Waals surface area (Å²) in [5.74, 6) is -2.82. The molecule has 4 aliphatic rings. The number of amides is 2. The highest BCUT2D eigenvalue weighted by Crippen LogP contribution is 2.55. The highest BCUT2D eigenvalue weighted by molar-refractivity contribution is 6.23. The zero-order valence-corrected chi connectivity index (χ0v) is 17.1. The number of hydrogen-bond acceptors (Lipinski definition) is 6. The van der Waals surface area contributed by atoms with E-state index in [0.717, 1.165) is 5.57 Å². The van der Waals surface area contributed by atoms with Crippen LogP contribution in [0.15, 0.2) is 52.6 Å². The van der Waals surface area contributed by atoms with Crippen molar-refractivity contribution in [3.63, 3.8) is 0 Å². The molecule has 2 amide bonds. The highest BCUT2D eigenvalue weighted by atomic mass is 16.5. The molecule has 7 heteroatoms. The predicted octanol–water partition coefficient (Wildman–Crippen LogP) is 2.12. The van der Waals surface area contributed by atoms with Crippen LogP contribution < -0.4 is 10.1 Å². The van der Waals surface area contributed by atoms with Crippen LogP contribution in [-0.2, 0) is 19.2 Å². The number of rotatable bonds is 2. The molecule has 1 heterocycles. The maximum Gasteiger partial charge on any atom is 0.231 e. The van der Waals surface area contributed by atoms with Crippen LogP contribution in [0.25, 0.3) is 0 Å². The molecule has 1 fully saturated rings. The first-order chi connectivity index (χ1) is 14.8. The number of imide groups is 1. The van der Waals surface area contributed by atoms with E-state index in [1.807, 2.05) is 6.08 Å². The first kappa shape index (κ1) is 19.5. The monoisotopic (exact) mass is 419 g/mol. The number of ketones is 2. The Morgan fingerprint density at radius 2 is 1.87 bits per heavy atom. The summed E-state index contributed by atoms with van der Waals surface area (Å²) in [7, 11) is 1.51. The Hall–Kier alpha value is -3.48. The normalized spacial score (nSPS) is 29.6. The Kier molecular flexibility index (Phi) is 4.25. The third-order valence-corrected chi connectivity index (χ3v) is 6.95. The Balaban J connectivity index is 1.75. The second kappa shape index (κ2) is 6.77. The molecule has 1 aliphatic heterocycles. The van der Waals surface area contributed by atoms with Crippen molar-refractivity contribution in [1.82, 2.24) is 5.32 Å². The van der Waals surface area contributed by atoms with Crippen LogP contribution in [0.1, 0.15) is 31.2 Å². The fourth-order valence-corrected chi connectivity index (χ4v) is 5.52. The van der Waals surface area contributed by atoms with Gasteiger partial charge in [0.05, 0.1) is 18.9 Å². The van der Waals surface area contributed by atoms with Gasteiger partial charge in [-0.2, -0.15) is 0 Å². The summed E-state index contributed by atoms with van der Waals surface area (Å²) in [6.45, 7) is 1.60. The lowest BCUT2D eigenvalue weighted by Gasteiger charge is -2.42. The first-order valence-corrected chi connectivity index (χ1v) is 10.2. The minimum absolute atomic E-state index is 0.0271. The lowest BCUT2D eigenvalue weighted by molar-refractivity contribution is -0.126. The van der Waals surface area contributed by atoms with Crippen molar-refractivity contribution in [1.29, 1.82) is 0 Å². The van der Waals surface area contributed by atoms with E-state index in [4.69, 9.17) is 4.74 Å². The van der Waals surface area contributed by atoms with Gasteiger partial charge >= 0.3 is 0 Å². The Morgan fingerprint density at radius 1 is 1.10 bits per heavy atom. The van der Waals surface area contributed by atoms with Crippen molar-refractivity contribution in [3.8, 4) is 11.5 Å². The number of fused-ring (bicyclic) bond motifs is 3. The Morgan fingerprint density at radius 3 is 2.61 bits per heavy atom. The lowest BCUT2D eigenvalue weighted by atomic mass is 9.59. The van der Waals surface area contributed by atoms with Crippen LogP contribution in [-0.4, -0.2) is 35.6 Å². The summed E-state index contributed by atoms with van der Waals surface area (Å²) >= 11 is 0. The van der Waals surface area contributed by atoms with E-state index in [9.17, 15) is 24.3 Å². The van der Waals surface area contributed by atoms with Crippen LogP contribution in [0, 0.1) is 17.8 Å². The first-order valence-electron chi connectivity index (χ1n) is 10.2. The van der Waals surface area contributed by atoms with Gasteiger partial charge < -0.3 is 9.84 Å². The molecule has 0 saturated carbocycles. The van der Waals surface area contributed by atoms with Crippen molar-refractivity contribution < 1.29 is 29.0 Å². The minimum atomic E-state index is -0.687. The zero-order chi connectivity index (χ0) is 22.0. The van der Waals surface area contributed by atoms with Crippen molar-refractivity contribution >= 4 is 23.4 Å². The standard InChI is InChI=1S/C24H21NO6/c1-10-7-18(27)16-9-14-12(4-5-13-20(14)24(30)25-23(13)29)19(21(16)22(10)28)15-8-11(31-2)3-6-17(15)26/h3-4,6-8,13-14,19-20,26H,5,9H2,1-2H3,(H,25,29,30). The molecule has 4 unspecified atom stereocenters. The van der Waals surface area contributed by atoms with Crippen molar-refractivity contribution in [3.05, 3.63) is 58.2 Å². The number of Topliss-reactive ketones (excluding diaryl/α,β-unsaturated/α-hetero) is 1. The van der Waals surface area contributed by atoms with Gasteiger partial charge in [0, 0.05) is 28.2 Å². The molecular formula is C24H21NO6. The molecule has 158 valence electrons. The fourth-order valence-electron chi connectivity index (χ4n) is 5.52. The number of phenols is 1. The van der Waals surface area contributed by atoms with Crippen molar-refractivity contribution in [2.75, 3.05) is 7.11 Å². The summed E-state index contributed by atoms with van der Waals surface area (Å²) in [4.78, 5) is 51.0. The number of nitrogens with one attached hydrogen (secondary N) is 1. The summed E-state index contributed by atoms with van der Waals surface area (Å²) < 4.78 is 5.32. The molecule has 5 rings (SSSR count). The van der Waals surface area contributed by atoms with E-state index in [0.29, 0.717) is 34.5 Å². The minimum Gasteiger partial charge on any atom is -0.508 e. The fraction of sp³-hybridized carbons (Fsp3) is 0.333. The van der Waals surface area contributed by atoms with Gasteiger partial charge in [0.2, 0.25) is 11.8 Å². The third-order valence-electron chi connectivity index (χ3n) is 6.95. The number of allylic oxidation sites excluding steroid dienone is 6. The summed E-state index contributed by atoms with van der Waals surface area (Å²) in [5, 5.41) is 13.1. The van der Waals surface area contributed by atoms with Crippen LogP contribution in [0.3, 0.4) is 0 Å². The van der Waals surface area contributed by atoms with E-state index >= 15 is 0 Å². The van der Waals surface area contributed by atoms with Gasteiger partial charge in [-0.3, -0.25) is 24.5 Å². The van der Waals surface area contributed by atoms with E-state index in [1.54, 1.807) is 19.1 Å². The SMILES string of the molecule is COc1ccc(O)c(C2C3=CCC4C(=O)NC(=O)C4C3CC3=C2C(=O)C(C)=CC3=O)c1. The smallest absolute Gasteiger partial charge is 0.231 e. The number of ether oxygens (including phenoxy) is 1. The Bertz CT molecular complexity index is 1170. The number of methoxy groups -OCH3 is 1. The van der Waals surface area contributed by atoms with Gasteiger partial charge in [0.25, 0.3) is 0 Å². The largest absolute Gasteiger partial charge is 0.508 e. The van der Waals surface area contributed by atoms with Crippen LogP contribution in [0.4, 0.5) is 0 Å². The van der Waals surface area contributed by atoms with Crippen molar-refractivity contribution in [2.45, 2.75) is 25.7 Å². The maximum absolute atomic E-state index is 13.2. The summed E-state index contributed by atoms with van der Waals surface area (Å²) in [5.41, 5.74) is 2.29. The molecule has 1 aromatic rings. The summed E-state index contributed by atoms with van der Waals surface area (Å²) in [6, 6.07) is 4.76. The van der Waals surface area contributed by atoms with Gasteiger partial charge in [-0.25, -0.2) is 0 Å². The quantitative estimate of drug-likeness (QED) is 0.432. The molecule has 4 atom stereocenters. The average Bonchev–Trinajstić information content (AvgIpc) is 3.05. The molecule has 0 bridgehead atoms. The Labute approximate surface area is 178 Å². The molecule has 1 aromatic carbocycles. The van der Waals surface area contributed by atoms with Crippen LogP contribution >= 0.6 is 0 Å². The molecule has 7 nitrogen and oxygen atoms in total. The van der Waals surface area contributed by atoms with E-state index in [2.05, 4.69) is 5.32 Å². The lowest BCUT2D eigenvalue weighted by Crippen LogP contribution is -2.39. The molecule has 2 N–H and O–H groups in total. The van der Waals surface area contributed by atoms with E-state index in [1.165, 1.54) is 19.3 Å². The molecule has 1 saturated heterocycles. The van der Waals surface area contributed by atoms with Gasteiger partial charge in [0.15, 0.2) is 11.6 Å². The number of aromatic hydroxyl groups is 1. The third kappa shape index (κ3) is 2.72. The number of carbonyl (C=O) groups is 4. The molecule has 31 heavy (non-hydrogen) atoms. The number of hydrogen-bond donors (Lipinski definition) is 2. The average molecular weight is 419 g/mol. The van der Waals surface area contributed by atoms with Crippen LogP contribution in [0.2, 0.25) is 0 Å². The van der Waals surface area contributed by atoms with Gasteiger partial charge in [0.1, 0.15) is 11.5 Å². The van der Waals surface area contributed by atoms with E-state index < -0.39 is 23.7 Å². The van der Waals surface area contributed by atoms with Gasteiger partial charge in [-0.05, 0) is 50.0 Å². The molecular weight excluding hydrogens is 398 g/mol. The van der Waals surface area contributed by atoms with Gasteiger partial charge in [-0.1, -0.05) is 11.6 Å². The van der Waals surface area contributed by atoms with E-state index in [-0.39, 0.29) is 35.6 Å². The number of carbonyl (C=O) groups excluding carboxylic acids is 4. The van der Waals surface area contributed by atoms with Crippen LogP contribution in [0.5, 0.6) is 11.5 Å². The van der Waals surface area contributed by atoms with Crippen molar-refractivity contribution in [2.24, 2.45) is 17.8 Å². The maximum atomic E-state index is 13.2. The molecule has 0 aromatic heterocycles. The summed E-state index contributed by atoms with van der Waals surface area (Å²) in [6.07, 6.45) is 3.83. The second-order valence-corrected chi connectivity index (χ2v) is 8.51. The zero-order valence-electron chi connectivity index (χ0n) is 17.1. The molecule has 0 radical (unpaired) electrons. The highest BCUT2D eigenvalue weighted by Gasteiger charge is 2.53. The second-order valence-electron chi connectivity index (χ2n) is 8.51.